The van der Waals surface area contributed by atoms with Gasteiger partial charge in [-0.1, -0.05) is 18.2 Å². The number of aromatic nitrogens is 3. The molecule has 0 aliphatic heterocycles. The third kappa shape index (κ3) is 2.96. The lowest BCUT2D eigenvalue weighted by Gasteiger charge is -2.20. The highest BCUT2D eigenvalue weighted by Crippen LogP contribution is 2.13. The highest BCUT2D eigenvalue weighted by molar-refractivity contribution is 5.93. The smallest absolute Gasteiger partial charge is 0.252 e. The molecule has 96 valence electrons. The Kier molecular flexibility index (Phi) is 3.88. The number of para-hydroxylation sites is 1. The number of hydrogen-bond acceptors (Lipinski definition) is 4. The Morgan fingerprint density at radius 3 is 2.74 bits per heavy atom. The van der Waals surface area contributed by atoms with Crippen LogP contribution in [-0.2, 0) is 11.3 Å². The van der Waals surface area contributed by atoms with Crippen molar-refractivity contribution in [2.75, 3.05) is 11.4 Å². The van der Waals surface area contributed by atoms with E-state index in [-0.39, 0.29) is 18.3 Å². The molecule has 2 aromatic rings. The summed E-state index contributed by atoms with van der Waals surface area (Å²) in [4.78, 5) is 17.6. The molecule has 19 heavy (non-hydrogen) atoms. The van der Waals surface area contributed by atoms with E-state index in [1.54, 1.807) is 4.90 Å². The highest BCUT2D eigenvalue weighted by atomic mass is 16.2. The van der Waals surface area contributed by atoms with Crippen LogP contribution >= 0.6 is 0 Å². The number of likely N-dealkylation sites (N-methyl/N-ethyl adjacent to an activating group) is 1. The summed E-state index contributed by atoms with van der Waals surface area (Å²) in [5.74, 6) is -0.0290. The average Bonchev–Trinajstić information content (AvgIpc) is 2.88. The van der Waals surface area contributed by atoms with Crippen molar-refractivity contribution in [3.05, 3.63) is 42.5 Å². The van der Waals surface area contributed by atoms with Gasteiger partial charge < -0.3 is 4.90 Å². The summed E-state index contributed by atoms with van der Waals surface area (Å²) in [5, 5.41) is 12.5. The molecule has 6 heteroatoms. The molecule has 0 bridgehead atoms. The zero-order valence-electron chi connectivity index (χ0n) is 10.5. The van der Waals surface area contributed by atoms with Gasteiger partial charge in [0.25, 0.3) is 5.82 Å². The van der Waals surface area contributed by atoms with Crippen LogP contribution in [0.3, 0.4) is 0 Å². The standard InChI is InChI=1S/C13H13N5O/c1-2-18(11-6-4-3-5-7-11)13(19)9-17-10-15-12(8-14)16-17/h3-7,10H,2,9H2,1H3. The first kappa shape index (κ1) is 12.8. The number of nitrogens with zero attached hydrogens (tertiary/aromatic N) is 5. The summed E-state index contributed by atoms with van der Waals surface area (Å²) in [6, 6.07) is 11.3. The maximum atomic E-state index is 12.2. The Labute approximate surface area is 110 Å². The first-order valence-corrected chi connectivity index (χ1v) is 5.89. The van der Waals surface area contributed by atoms with Crippen molar-refractivity contribution in [1.29, 1.82) is 5.26 Å². The van der Waals surface area contributed by atoms with Crippen LogP contribution in [-0.4, -0.2) is 27.2 Å². The summed E-state index contributed by atoms with van der Waals surface area (Å²) >= 11 is 0. The molecule has 0 aliphatic carbocycles. The van der Waals surface area contributed by atoms with Crippen molar-refractivity contribution in [2.24, 2.45) is 0 Å². The molecule has 0 saturated carbocycles. The number of nitriles is 1. The van der Waals surface area contributed by atoms with E-state index in [2.05, 4.69) is 10.1 Å². The van der Waals surface area contributed by atoms with Crippen molar-refractivity contribution < 1.29 is 4.79 Å². The lowest BCUT2D eigenvalue weighted by Crippen LogP contribution is -2.33. The van der Waals surface area contributed by atoms with Gasteiger partial charge in [-0.2, -0.15) is 5.26 Å². The fourth-order valence-corrected chi connectivity index (χ4v) is 1.76. The minimum Gasteiger partial charge on any atom is -0.311 e. The number of anilines is 1. The fourth-order valence-electron chi connectivity index (χ4n) is 1.76. The predicted molar refractivity (Wildman–Crippen MR) is 69.2 cm³/mol. The molecular weight excluding hydrogens is 242 g/mol. The van der Waals surface area contributed by atoms with E-state index in [0.717, 1.165) is 5.69 Å². The topological polar surface area (TPSA) is 74.8 Å². The van der Waals surface area contributed by atoms with Gasteiger partial charge in [0.15, 0.2) is 0 Å². The quantitative estimate of drug-likeness (QED) is 0.822. The van der Waals surface area contributed by atoms with Crippen LogP contribution < -0.4 is 4.90 Å². The molecule has 0 radical (unpaired) electrons. The van der Waals surface area contributed by atoms with E-state index in [0.29, 0.717) is 6.54 Å². The van der Waals surface area contributed by atoms with E-state index in [4.69, 9.17) is 5.26 Å². The first-order chi connectivity index (χ1) is 9.24. The van der Waals surface area contributed by atoms with Gasteiger partial charge >= 0.3 is 0 Å². The SMILES string of the molecule is CCN(C(=O)Cn1cnc(C#N)n1)c1ccccc1. The Morgan fingerprint density at radius 1 is 1.42 bits per heavy atom. The fraction of sp³-hybridized carbons (Fsp3) is 0.231. The second-order valence-electron chi connectivity index (χ2n) is 3.85. The molecule has 0 aliphatic rings. The Bertz CT molecular complexity index is 599. The Hall–Kier alpha value is -2.68. The molecule has 0 spiro atoms. The maximum Gasteiger partial charge on any atom is 0.252 e. The zero-order chi connectivity index (χ0) is 13.7. The number of benzene rings is 1. The molecule has 1 heterocycles. The summed E-state index contributed by atoms with van der Waals surface area (Å²) < 4.78 is 1.37. The van der Waals surface area contributed by atoms with Crippen LogP contribution in [0.15, 0.2) is 36.7 Å². The summed E-state index contributed by atoms with van der Waals surface area (Å²) in [5.41, 5.74) is 0.843. The number of carbonyl (C=O) groups is 1. The minimum absolute atomic E-state index is 0.0653. The van der Waals surface area contributed by atoms with Gasteiger partial charge in [-0.25, -0.2) is 9.67 Å². The van der Waals surface area contributed by atoms with Crippen LogP contribution in [0.2, 0.25) is 0 Å². The second kappa shape index (κ2) is 5.78. The number of carbonyl (C=O) groups excluding carboxylic acids is 1. The first-order valence-electron chi connectivity index (χ1n) is 5.89. The van der Waals surface area contributed by atoms with Gasteiger partial charge in [0.2, 0.25) is 5.91 Å². The molecule has 1 aromatic heterocycles. The molecule has 0 saturated heterocycles. The van der Waals surface area contributed by atoms with E-state index >= 15 is 0 Å². The van der Waals surface area contributed by atoms with E-state index in [9.17, 15) is 4.79 Å². The van der Waals surface area contributed by atoms with Gasteiger partial charge in [-0.05, 0) is 19.1 Å². The normalized spacial score (nSPS) is 9.89. The molecular formula is C13H13N5O. The molecule has 0 N–H and O–H groups in total. The van der Waals surface area contributed by atoms with Crippen LogP contribution in [0.1, 0.15) is 12.7 Å². The van der Waals surface area contributed by atoms with Crippen molar-refractivity contribution >= 4 is 11.6 Å². The zero-order valence-corrected chi connectivity index (χ0v) is 10.5. The largest absolute Gasteiger partial charge is 0.311 e. The van der Waals surface area contributed by atoms with Crippen molar-refractivity contribution in [1.82, 2.24) is 14.8 Å². The van der Waals surface area contributed by atoms with E-state index in [1.165, 1.54) is 11.0 Å². The van der Waals surface area contributed by atoms with Crippen LogP contribution in [0, 0.1) is 11.3 Å². The Balaban J connectivity index is 2.12. The average molecular weight is 255 g/mol. The second-order valence-corrected chi connectivity index (χ2v) is 3.85. The van der Waals surface area contributed by atoms with Crippen LogP contribution in [0.25, 0.3) is 0 Å². The minimum atomic E-state index is -0.0944. The monoisotopic (exact) mass is 255 g/mol. The van der Waals surface area contributed by atoms with Crippen LogP contribution in [0.5, 0.6) is 0 Å². The number of hydrogen-bond donors (Lipinski definition) is 0. The molecule has 0 atom stereocenters. The molecule has 6 nitrogen and oxygen atoms in total. The van der Waals surface area contributed by atoms with Crippen LogP contribution in [0.4, 0.5) is 5.69 Å². The summed E-state index contributed by atoms with van der Waals surface area (Å²) in [7, 11) is 0. The summed E-state index contributed by atoms with van der Waals surface area (Å²) in [6.45, 7) is 2.55. The molecule has 1 aromatic carbocycles. The van der Waals surface area contributed by atoms with Crippen molar-refractivity contribution in [3.8, 4) is 6.07 Å². The number of rotatable bonds is 4. The molecule has 1 amide bonds. The highest BCUT2D eigenvalue weighted by Gasteiger charge is 2.14. The van der Waals surface area contributed by atoms with Gasteiger partial charge in [-0.3, -0.25) is 4.79 Å². The van der Waals surface area contributed by atoms with Gasteiger partial charge in [0, 0.05) is 12.2 Å². The molecule has 0 fully saturated rings. The van der Waals surface area contributed by atoms with E-state index in [1.807, 2.05) is 43.3 Å². The maximum absolute atomic E-state index is 12.2. The van der Waals surface area contributed by atoms with Crippen molar-refractivity contribution in [2.45, 2.75) is 13.5 Å². The van der Waals surface area contributed by atoms with E-state index < -0.39 is 0 Å². The Morgan fingerprint density at radius 2 is 2.16 bits per heavy atom. The lowest BCUT2D eigenvalue weighted by molar-refractivity contribution is -0.119. The molecule has 0 unspecified atom stereocenters. The van der Waals surface area contributed by atoms with Gasteiger partial charge in [-0.15, -0.1) is 5.10 Å². The van der Waals surface area contributed by atoms with Gasteiger partial charge in [0.05, 0.1) is 0 Å². The summed E-state index contributed by atoms with van der Waals surface area (Å²) in [6.07, 6.45) is 1.38. The van der Waals surface area contributed by atoms with Gasteiger partial charge in [0.1, 0.15) is 18.9 Å². The predicted octanol–water partition coefficient (Wildman–Crippen LogP) is 1.20. The molecule has 2 rings (SSSR count). The third-order valence-electron chi connectivity index (χ3n) is 2.62. The third-order valence-corrected chi connectivity index (χ3v) is 2.62. The lowest BCUT2D eigenvalue weighted by atomic mass is 10.3. The number of amides is 1. The van der Waals surface area contributed by atoms with Crippen molar-refractivity contribution in [3.63, 3.8) is 0 Å².